The Labute approximate surface area is 159 Å². The molecule has 3 heteroatoms. The van der Waals surface area contributed by atoms with Gasteiger partial charge in [-0.25, -0.2) is 0 Å². The van der Waals surface area contributed by atoms with Gasteiger partial charge in [0.2, 0.25) is 0 Å². The third-order valence-corrected chi connectivity index (χ3v) is 6.30. The summed E-state index contributed by atoms with van der Waals surface area (Å²) in [6, 6.07) is 10.0. The topological polar surface area (TPSA) is 0 Å². The molecular weight excluding hydrogens is 337 g/mol. The van der Waals surface area contributed by atoms with Crippen LogP contribution in [0.2, 0.25) is 0 Å². The Balaban J connectivity index is 2.21. The van der Waals surface area contributed by atoms with E-state index in [9.17, 15) is 0 Å². The molecule has 138 valence electrons. The summed E-state index contributed by atoms with van der Waals surface area (Å²) in [6.07, 6.45) is 13.5. The van der Waals surface area contributed by atoms with Crippen LogP contribution in [-0.2, 0) is 4.46 Å². The van der Waals surface area contributed by atoms with Crippen LogP contribution in [0.4, 0.5) is 0 Å². The molecule has 1 aromatic rings. The molecule has 0 saturated heterocycles. The highest BCUT2D eigenvalue weighted by atomic mass is 35.5. The number of hydrogen-bond acceptors (Lipinski definition) is 0. The molecule has 0 N–H and O–H groups in total. The number of rotatable bonds is 13. The number of alkyl halides is 2. The molecule has 0 spiro atoms. The summed E-state index contributed by atoms with van der Waals surface area (Å²) in [5.74, 6) is 0. The van der Waals surface area contributed by atoms with Crippen molar-refractivity contribution in [2.45, 2.75) is 75.6 Å². The summed E-state index contributed by atoms with van der Waals surface area (Å²) in [5.41, 5.74) is 0.977. The first-order chi connectivity index (χ1) is 11.4. The van der Waals surface area contributed by atoms with Crippen molar-refractivity contribution in [3.05, 3.63) is 35.9 Å². The second-order valence-corrected chi connectivity index (χ2v) is 8.79. The van der Waals surface area contributed by atoms with Crippen molar-refractivity contribution in [1.82, 2.24) is 0 Å². The van der Waals surface area contributed by atoms with Crippen LogP contribution < -0.4 is 0 Å². The van der Waals surface area contributed by atoms with Crippen molar-refractivity contribution in [3.63, 3.8) is 0 Å². The molecule has 0 heterocycles. The van der Waals surface area contributed by atoms with E-state index in [0.29, 0.717) is 4.48 Å². The van der Waals surface area contributed by atoms with Crippen LogP contribution in [0.15, 0.2) is 30.3 Å². The lowest BCUT2D eigenvalue weighted by Gasteiger charge is -2.40. The molecule has 0 aromatic heterocycles. The average Bonchev–Trinajstić information content (AvgIpc) is 2.57. The van der Waals surface area contributed by atoms with Crippen LogP contribution in [0, 0.1) is 0 Å². The van der Waals surface area contributed by atoms with Crippen LogP contribution >= 0.6 is 23.2 Å². The van der Waals surface area contributed by atoms with E-state index in [1.54, 1.807) is 0 Å². The standard InChI is InChI=1S/C21H36Cl2N/c1-4-5-6-7-8-9-10-11-12-16-19-24(2,3)21(22,23)20-17-14-13-15-18-20/h13-15,17-18H,4-12,16,19H2,1-3H3/q+1. The first-order valence-corrected chi connectivity index (χ1v) is 10.4. The van der Waals surface area contributed by atoms with Gasteiger partial charge in [0, 0.05) is 5.56 Å². The maximum Gasteiger partial charge on any atom is 0.277 e. The first kappa shape index (κ1) is 21.8. The van der Waals surface area contributed by atoms with Gasteiger partial charge in [-0.1, -0.05) is 76.5 Å². The van der Waals surface area contributed by atoms with Gasteiger partial charge in [0.05, 0.1) is 20.6 Å². The average molecular weight is 373 g/mol. The van der Waals surface area contributed by atoms with Gasteiger partial charge in [-0.2, -0.15) is 0 Å². The van der Waals surface area contributed by atoms with Gasteiger partial charge in [0.1, 0.15) is 0 Å². The number of unbranched alkanes of at least 4 members (excludes halogenated alkanes) is 9. The smallest absolute Gasteiger partial charge is 0.277 e. The number of quaternary nitrogens is 1. The number of hydrogen-bond donors (Lipinski definition) is 0. The zero-order chi connectivity index (χ0) is 17.9. The Morgan fingerprint density at radius 2 is 1.21 bits per heavy atom. The Morgan fingerprint density at radius 3 is 1.71 bits per heavy atom. The van der Waals surface area contributed by atoms with Crippen molar-refractivity contribution in [2.24, 2.45) is 0 Å². The molecular formula is C21H36Cl2N+. The van der Waals surface area contributed by atoms with Crippen molar-refractivity contribution in [3.8, 4) is 0 Å². The van der Waals surface area contributed by atoms with E-state index in [1.165, 1.54) is 64.2 Å². The molecule has 24 heavy (non-hydrogen) atoms. The van der Waals surface area contributed by atoms with E-state index in [-0.39, 0.29) is 0 Å². The molecule has 0 aliphatic heterocycles. The Morgan fingerprint density at radius 1 is 0.750 bits per heavy atom. The normalized spacial score (nSPS) is 12.5. The molecule has 1 rings (SSSR count). The van der Waals surface area contributed by atoms with E-state index in [2.05, 4.69) is 21.0 Å². The van der Waals surface area contributed by atoms with E-state index < -0.39 is 4.46 Å². The summed E-state index contributed by atoms with van der Waals surface area (Å²) in [5, 5.41) is 0. The molecule has 0 fully saturated rings. The van der Waals surface area contributed by atoms with Gasteiger partial charge >= 0.3 is 0 Å². The van der Waals surface area contributed by atoms with E-state index >= 15 is 0 Å². The van der Waals surface area contributed by atoms with Crippen LogP contribution in [0.1, 0.15) is 76.7 Å². The summed E-state index contributed by atoms with van der Waals surface area (Å²) in [7, 11) is 4.25. The minimum atomic E-state index is -0.888. The zero-order valence-electron chi connectivity index (χ0n) is 15.9. The Kier molecular flexibility index (Phi) is 10.3. The largest absolute Gasteiger partial charge is 0.294 e. The van der Waals surface area contributed by atoms with Gasteiger partial charge in [-0.15, -0.1) is 0 Å². The molecule has 0 aliphatic rings. The lowest BCUT2D eigenvalue weighted by molar-refractivity contribution is -0.920. The van der Waals surface area contributed by atoms with Crippen LogP contribution in [0.3, 0.4) is 0 Å². The number of halogens is 2. The van der Waals surface area contributed by atoms with Crippen molar-refractivity contribution in [2.75, 3.05) is 20.6 Å². The van der Waals surface area contributed by atoms with Crippen molar-refractivity contribution in [1.29, 1.82) is 0 Å². The third kappa shape index (κ3) is 7.33. The highest BCUT2D eigenvalue weighted by molar-refractivity contribution is 6.46. The van der Waals surface area contributed by atoms with Gasteiger partial charge in [-0.05, 0) is 48.2 Å². The fourth-order valence-electron chi connectivity index (χ4n) is 3.12. The highest BCUT2D eigenvalue weighted by Crippen LogP contribution is 2.41. The Hall–Kier alpha value is -0.240. The fraction of sp³-hybridized carbons (Fsp3) is 0.714. The fourth-order valence-corrected chi connectivity index (χ4v) is 3.54. The van der Waals surface area contributed by atoms with Gasteiger partial charge in [0.25, 0.3) is 4.46 Å². The lowest BCUT2D eigenvalue weighted by atomic mass is 10.1. The molecule has 1 aromatic carbocycles. The monoisotopic (exact) mass is 372 g/mol. The van der Waals surface area contributed by atoms with Gasteiger partial charge in [0.15, 0.2) is 0 Å². The third-order valence-electron chi connectivity index (χ3n) is 4.95. The van der Waals surface area contributed by atoms with E-state index in [1.807, 2.05) is 30.3 Å². The zero-order valence-corrected chi connectivity index (χ0v) is 17.4. The van der Waals surface area contributed by atoms with Crippen molar-refractivity contribution < 1.29 is 4.48 Å². The first-order valence-electron chi connectivity index (χ1n) is 9.68. The minimum Gasteiger partial charge on any atom is -0.294 e. The second-order valence-electron chi connectivity index (χ2n) is 7.50. The Bertz CT molecular complexity index is 429. The summed E-state index contributed by atoms with van der Waals surface area (Å²) >= 11 is 13.4. The van der Waals surface area contributed by atoms with Crippen LogP contribution in [-0.4, -0.2) is 25.1 Å². The molecule has 0 bridgehead atoms. The number of nitrogens with zero attached hydrogens (tertiary/aromatic N) is 1. The molecule has 0 radical (unpaired) electrons. The van der Waals surface area contributed by atoms with E-state index in [4.69, 9.17) is 23.2 Å². The van der Waals surface area contributed by atoms with Crippen LogP contribution in [0.25, 0.3) is 0 Å². The molecule has 0 unspecified atom stereocenters. The van der Waals surface area contributed by atoms with Gasteiger partial charge in [-0.3, -0.25) is 4.48 Å². The maximum atomic E-state index is 6.71. The molecule has 0 saturated carbocycles. The summed E-state index contributed by atoms with van der Waals surface area (Å²) in [4.78, 5) is 0. The second kappa shape index (κ2) is 11.4. The SMILES string of the molecule is CCCCCCCCCCCC[N+](C)(C)C(Cl)(Cl)c1ccccc1. The highest BCUT2D eigenvalue weighted by Gasteiger charge is 2.43. The lowest BCUT2D eigenvalue weighted by Crippen LogP contribution is -2.51. The van der Waals surface area contributed by atoms with Crippen molar-refractivity contribution >= 4 is 23.2 Å². The maximum absolute atomic E-state index is 6.71. The summed E-state index contributed by atoms with van der Waals surface area (Å²) in [6.45, 7) is 3.27. The number of benzene rings is 1. The molecule has 1 nitrogen and oxygen atoms in total. The molecule has 0 amide bonds. The predicted molar refractivity (Wildman–Crippen MR) is 109 cm³/mol. The molecule has 0 aliphatic carbocycles. The van der Waals surface area contributed by atoms with E-state index in [0.717, 1.165) is 12.1 Å². The van der Waals surface area contributed by atoms with Crippen LogP contribution in [0.5, 0.6) is 0 Å². The predicted octanol–water partition coefficient (Wildman–Crippen LogP) is 7.27. The summed E-state index contributed by atoms with van der Waals surface area (Å²) < 4.78 is -0.294. The molecule has 0 atom stereocenters. The van der Waals surface area contributed by atoms with Gasteiger partial charge < -0.3 is 0 Å². The quantitative estimate of drug-likeness (QED) is 0.148. The minimum absolute atomic E-state index is 0.594.